The standard InChI is InChI=1S/C22H23N3O4S2/c1-3-10-24-21(26)19-15-6-4-5-7-18(15)31-20(19)23-22(24)30-12-11-29-17-13-14(2)8-9-16(17)25(27)28/h3,8-9,13H,1,4-7,10-12H2,2H3. The summed E-state index contributed by atoms with van der Waals surface area (Å²) in [6, 6.07) is 4.80. The van der Waals surface area contributed by atoms with Crippen molar-refractivity contribution in [2.24, 2.45) is 0 Å². The highest BCUT2D eigenvalue weighted by Crippen LogP contribution is 2.35. The van der Waals surface area contributed by atoms with Gasteiger partial charge < -0.3 is 4.74 Å². The third-order valence-electron chi connectivity index (χ3n) is 5.24. The minimum atomic E-state index is -0.447. The van der Waals surface area contributed by atoms with E-state index in [1.807, 2.05) is 6.92 Å². The maximum absolute atomic E-state index is 13.2. The lowest BCUT2D eigenvalue weighted by molar-refractivity contribution is -0.385. The van der Waals surface area contributed by atoms with Crippen molar-refractivity contribution in [3.05, 3.63) is 67.3 Å². The lowest BCUT2D eigenvalue weighted by Gasteiger charge is -2.12. The number of hydrogen-bond donors (Lipinski definition) is 0. The minimum Gasteiger partial charge on any atom is -0.486 e. The number of nitro benzene ring substituents is 1. The van der Waals surface area contributed by atoms with Crippen LogP contribution in [0.25, 0.3) is 10.2 Å². The number of ether oxygens (including phenoxy) is 1. The summed E-state index contributed by atoms with van der Waals surface area (Å²) < 4.78 is 7.35. The van der Waals surface area contributed by atoms with Crippen LogP contribution in [0.5, 0.6) is 5.75 Å². The van der Waals surface area contributed by atoms with Gasteiger partial charge in [0.05, 0.1) is 16.9 Å². The number of nitro groups is 1. The summed E-state index contributed by atoms with van der Waals surface area (Å²) >= 11 is 3.04. The molecule has 1 aliphatic carbocycles. The van der Waals surface area contributed by atoms with Crippen molar-refractivity contribution in [2.45, 2.75) is 44.3 Å². The van der Waals surface area contributed by atoms with Gasteiger partial charge in [-0.3, -0.25) is 19.5 Å². The van der Waals surface area contributed by atoms with Crippen molar-refractivity contribution in [3.63, 3.8) is 0 Å². The Morgan fingerprint density at radius 3 is 2.97 bits per heavy atom. The second-order valence-corrected chi connectivity index (χ2v) is 9.56. The Balaban J connectivity index is 1.55. The molecule has 162 valence electrons. The number of fused-ring (bicyclic) bond motifs is 3. The quantitative estimate of drug-likeness (QED) is 0.119. The molecule has 1 aromatic carbocycles. The minimum absolute atomic E-state index is 0.0120. The largest absolute Gasteiger partial charge is 0.486 e. The second kappa shape index (κ2) is 9.23. The number of aryl methyl sites for hydroxylation is 3. The van der Waals surface area contributed by atoms with E-state index in [2.05, 4.69) is 6.58 Å². The third kappa shape index (κ3) is 4.38. The van der Waals surface area contributed by atoms with Gasteiger partial charge in [0.1, 0.15) is 4.83 Å². The van der Waals surface area contributed by atoms with Crippen LogP contribution in [-0.2, 0) is 19.4 Å². The Bertz CT molecular complexity index is 1220. The number of rotatable bonds is 8. The number of nitrogens with zero attached hydrogens (tertiary/aromatic N) is 3. The molecule has 0 aliphatic heterocycles. The van der Waals surface area contributed by atoms with Crippen LogP contribution in [0.3, 0.4) is 0 Å². The molecular formula is C22H23N3O4S2. The molecule has 2 heterocycles. The highest BCUT2D eigenvalue weighted by molar-refractivity contribution is 7.99. The Morgan fingerprint density at radius 1 is 1.39 bits per heavy atom. The molecule has 0 radical (unpaired) electrons. The molecule has 0 N–H and O–H groups in total. The van der Waals surface area contributed by atoms with Crippen LogP contribution in [0.1, 0.15) is 28.8 Å². The highest BCUT2D eigenvalue weighted by atomic mass is 32.2. The summed E-state index contributed by atoms with van der Waals surface area (Å²) in [5.41, 5.74) is 2.00. The van der Waals surface area contributed by atoms with Crippen LogP contribution in [0.2, 0.25) is 0 Å². The predicted octanol–water partition coefficient (Wildman–Crippen LogP) is 4.91. The first-order valence-corrected chi connectivity index (χ1v) is 12.0. The van der Waals surface area contributed by atoms with Crippen LogP contribution >= 0.6 is 23.1 Å². The monoisotopic (exact) mass is 457 g/mol. The molecule has 31 heavy (non-hydrogen) atoms. The summed E-state index contributed by atoms with van der Waals surface area (Å²) in [5.74, 6) is 0.758. The first kappa shape index (κ1) is 21.6. The van der Waals surface area contributed by atoms with Gasteiger partial charge in [0.25, 0.3) is 5.56 Å². The van der Waals surface area contributed by atoms with Gasteiger partial charge in [-0.05, 0) is 49.8 Å². The first-order chi connectivity index (χ1) is 15.0. The fourth-order valence-electron chi connectivity index (χ4n) is 3.79. The molecule has 9 heteroatoms. The molecule has 3 aromatic rings. The maximum atomic E-state index is 13.2. The normalized spacial score (nSPS) is 13.2. The van der Waals surface area contributed by atoms with Gasteiger partial charge in [0.15, 0.2) is 10.9 Å². The second-order valence-electron chi connectivity index (χ2n) is 7.42. The third-order valence-corrected chi connectivity index (χ3v) is 7.36. The molecule has 7 nitrogen and oxygen atoms in total. The van der Waals surface area contributed by atoms with E-state index >= 15 is 0 Å². The fraction of sp³-hybridized carbons (Fsp3) is 0.364. The Hall–Kier alpha value is -2.65. The number of thioether (sulfide) groups is 1. The van der Waals surface area contributed by atoms with E-state index in [0.29, 0.717) is 17.5 Å². The summed E-state index contributed by atoms with van der Waals surface area (Å²) in [7, 11) is 0. The van der Waals surface area contributed by atoms with E-state index in [1.165, 1.54) is 28.3 Å². The highest BCUT2D eigenvalue weighted by Gasteiger charge is 2.22. The number of aromatic nitrogens is 2. The van der Waals surface area contributed by atoms with E-state index in [4.69, 9.17) is 9.72 Å². The van der Waals surface area contributed by atoms with Crippen LogP contribution < -0.4 is 10.3 Å². The molecule has 0 saturated carbocycles. The molecule has 0 unspecified atom stereocenters. The first-order valence-electron chi connectivity index (χ1n) is 10.2. The molecule has 0 spiro atoms. The van der Waals surface area contributed by atoms with Crippen molar-refractivity contribution in [2.75, 3.05) is 12.4 Å². The van der Waals surface area contributed by atoms with Crippen molar-refractivity contribution in [1.82, 2.24) is 9.55 Å². The van der Waals surface area contributed by atoms with Crippen molar-refractivity contribution in [1.29, 1.82) is 0 Å². The van der Waals surface area contributed by atoms with Gasteiger partial charge in [0, 0.05) is 23.2 Å². The molecule has 0 saturated heterocycles. The Labute approximate surface area is 187 Å². The van der Waals surface area contributed by atoms with Crippen molar-refractivity contribution < 1.29 is 9.66 Å². The zero-order valence-corrected chi connectivity index (χ0v) is 18.9. The number of thiophene rings is 1. The molecule has 1 aliphatic rings. The SMILES string of the molecule is C=CCn1c(SCCOc2cc(C)ccc2[N+](=O)[O-])nc2sc3c(c2c1=O)CCCC3. The summed E-state index contributed by atoms with van der Waals surface area (Å²) in [5, 5.41) is 12.6. The zero-order valence-electron chi connectivity index (χ0n) is 17.3. The lowest BCUT2D eigenvalue weighted by Crippen LogP contribution is -2.23. The van der Waals surface area contributed by atoms with E-state index in [-0.39, 0.29) is 23.6 Å². The molecular weight excluding hydrogens is 434 g/mol. The molecule has 0 amide bonds. The molecule has 0 bridgehead atoms. The van der Waals surface area contributed by atoms with Crippen LogP contribution in [0.4, 0.5) is 5.69 Å². The summed E-state index contributed by atoms with van der Waals surface area (Å²) in [4.78, 5) is 30.9. The number of hydrogen-bond acceptors (Lipinski definition) is 7. The average molecular weight is 458 g/mol. The zero-order chi connectivity index (χ0) is 22.0. The van der Waals surface area contributed by atoms with Crippen LogP contribution in [0, 0.1) is 17.0 Å². The van der Waals surface area contributed by atoms with E-state index < -0.39 is 4.92 Å². The van der Waals surface area contributed by atoms with E-state index in [9.17, 15) is 14.9 Å². The lowest BCUT2D eigenvalue weighted by atomic mass is 9.97. The number of allylic oxidation sites excluding steroid dienone is 1. The Kier molecular flexibility index (Phi) is 6.43. The molecule has 0 fully saturated rings. The smallest absolute Gasteiger partial charge is 0.310 e. The van der Waals surface area contributed by atoms with Gasteiger partial charge in [-0.15, -0.1) is 17.9 Å². The summed E-state index contributed by atoms with van der Waals surface area (Å²) in [6.45, 7) is 6.29. The molecule has 2 aromatic heterocycles. The topological polar surface area (TPSA) is 87.3 Å². The molecule has 0 atom stereocenters. The number of benzene rings is 1. The Morgan fingerprint density at radius 2 is 2.19 bits per heavy atom. The van der Waals surface area contributed by atoms with Gasteiger partial charge >= 0.3 is 5.69 Å². The van der Waals surface area contributed by atoms with Crippen molar-refractivity contribution in [3.8, 4) is 5.75 Å². The van der Waals surface area contributed by atoms with E-state index in [0.717, 1.165) is 41.5 Å². The fourth-order valence-corrected chi connectivity index (χ4v) is 5.92. The van der Waals surface area contributed by atoms with Gasteiger partial charge in [-0.2, -0.15) is 0 Å². The average Bonchev–Trinajstić information content (AvgIpc) is 3.12. The van der Waals surface area contributed by atoms with Gasteiger partial charge in [0.2, 0.25) is 0 Å². The van der Waals surface area contributed by atoms with Gasteiger partial charge in [-0.25, -0.2) is 4.98 Å². The summed E-state index contributed by atoms with van der Waals surface area (Å²) in [6.07, 6.45) is 5.92. The van der Waals surface area contributed by atoms with E-state index in [1.54, 1.807) is 34.1 Å². The van der Waals surface area contributed by atoms with Crippen LogP contribution in [0.15, 0.2) is 40.8 Å². The van der Waals surface area contributed by atoms with Crippen LogP contribution in [-0.4, -0.2) is 26.8 Å². The maximum Gasteiger partial charge on any atom is 0.310 e. The van der Waals surface area contributed by atoms with Crippen molar-refractivity contribution >= 4 is 39.0 Å². The predicted molar refractivity (Wildman–Crippen MR) is 125 cm³/mol. The molecule has 4 rings (SSSR count). The van der Waals surface area contributed by atoms with Gasteiger partial charge in [-0.1, -0.05) is 23.9 Å².